The molecular weight excluding hydrogens is 310 g/mol. The monoisotopic (exact) mass is 333 g/mol. The van der Waals surface area contributed by atoms with E-state index in [9.17, 15) is 10.1 Å². The molecule has 0 aromatic carbocycles. The lowest BCUT2D eigenvalue weighted by molar-refractivity contribution is -0.384. The number of rotatable bonds is 4. The first-order valence-corrected chi connectivity index (χ1v) is 8.22. The van der Waals surface area contributed by atoms with Gasteiger partial charge in [-0.25, -0.2) is 4.68 Å². The van der Waals surface area contributed by atoms with E-state index >= 15 is 0 Å². The zero-order valence-electron chi connectivity index (χ0n) is 14.5. The highest BCUT2D eigenvalue weighted by Gasteiger charge is 2.33. The summed E-state index contributed by atoms with van der Waals surface area (Å²) in [7, 11) is 1.76. The van der Waals surface area contributed by atoms with Crippen molar-refractivity contribution in [1.82, 2.24) is 24.5 Å². The fourth-order valence-electron chi connectivity index (χ4n) is 3.52. The molecule has 1 atom stereocenters. The Morgan fingerprint density at radius 1 is 1.42 bits per heavy atom. The molecule has 1 aliphatic heterocycles. The molecule has 3 rings (SSSR count). The number of aromatic nitrogens is 5. The largest absolute Gasteiger partial charge is 0.350 e. The average molecular weight is 333 g/mol. The highest BCUT2D eigenvalue weighted by molar-refractivity contribution is 5.61. The number of piperidine rings is 1. The van der Waals surface area contributed by atoms with Crippen molar-refractivity contribution in [2.75, 3.05) is 18.0 Å². The van der Waals surface area contributed by atoms with Crippen molar-refractivity contribution in [3.05, 3.63) is 28.0 Å². The van der Waals surface area contributed by atoms with Gasteiger partial charge in [0.15, 0.2) is 0 Å². The number of nitrogens with zero attached hydrogens (tertiary/aromatic N) is 7. The Hall–Kier alpha value is -2.45. The second-order valence-electron chi connectivity index (χ2n) is 6.61. The van der Waals surface area contributed by atoms with Crippen LogP contribution in [0.4, 0.5) is 11.5 Å². The summed E-state index contributed by atoms with van der Waals surface area (Å²) in [6, 6.07) is 0.290. The van der Waals surface area contributed by atoms with Crippen LogP contribution in [-0.2, 0) is 7.05 Å². The lowest BCUT2D eigenvalue weighted by Gasteiger charge is -2.33. The van der Waals surface area contributed by atoms with Crippen LogP contribution >= 0.6 is 0 Å². The predicted molar refractivity (Wildman–Crippen MR) is 89.2 cm³/mol. The van der Waals surface area contributed by atoms with Crippen LogP contribution in [0.3, 0.4) is 0 Å². The van der Waals surface area contributed by atoms with E-state index < -0.39 is 0 Å². The SMILES string of the molecule is Cc1nn(C)c(N2CCC[C@H](c3nncn3C(C)C)C2)c1[N+](=O)[O-]. The number of hydrogen-bond donors (Lipinski definition) is 0. The van der Waals surface area contributed by atoms with Gasteiger partial charge in [-0.15, -0.1) is 10.2 Å². The maximum absolute atomic E-state index is 11.5. The van der Waals surface area contributed by atoms with Gasteiger partial charge in [-0.3, -0.25) is 10.1 Å². The lowest BCUT2D eigenvalue weighted by Crippen LogP contribution is -2.37. The minimum absolute atomic E-state index is 0.100. The van der Waals surface area contributed by atoms with Gasteiger partial charge in [-0.2, -0.15) is 5.10 Å². The molecule has 0 aliphatic carbocycles. The van der Waals surface area contributed by atoms with Gasteiger partial charge < -0.3 is 9.47 Å². The summed E-state index contributed by atoms with van der Waals surface area (Å²) in [6.07, 6.45) is 3.72. The molecule has 2 aromatic heterocycles. The lowest BCUT2D eigenvalue weighted by atomic mass is 9.96. The maximum Gasteiger partial charge on any atom is 0.333 e. The topological polar surface area (TPSA) is 94.9 Å². The second kappa shape index (κ2) is 6.21. The van der Waals surface area contributed by atoms with Gasteiger partial charge in [0.1, 0.15) is 17.8 Å². The summed E-state index contributed by atoms with van der Waals surface area (Å²) in [4.78, 5) is 13.2. The van der Waals surface area contributed by atoms with E-state index in [1.807, 2.05) is 0 Å². The average Bonchev–Trinajstić information content (AvgIpc) is 3.11. The Bertz CT molecular complexity index is 749. The van der Waals surface area contributed by atoms with Crippen LogP contribution in [-0.4, -0.2) is 42.6 Å². The van der Waals surface area contributed by atoms with Crippen LogP contribution < -0.4 is 4.90 Å². The van der Waals surface area contributed by atoms with Gasteiger partial charge in [0.05, 0.1) is 4.92 Å². The molecule has 0 bridgehead atoms. The predicted octanol–water partition coefficient (Wildman–Crippen LogP) is 2.19. The van der Waals surface area contributed by atoms with Gasteiger partial charge in [-0.1, -0.05) is 0 Å². The zero-order valence-corrected chi connectivity index (χ0v) is 14.5. The van der Waals surface area contributed by atoms with Crippen molar-refractivity contribution in [1.29, 1.82) is 0 Å². The molecule has 9 nitrogen and oxygen atoms in total. The summed E-state index contributed by atoms with van der Waals surface area (Å²) >= 11 is 0. The molecule has 3 heterocycles. The number of hydrogen-bond acceptors (Lipinski definition) is 6. The molecule has 130 valence electrons. The molecule has 24 heavy (non-hydrogen) atoms. The fraction of sp³-hybridized carbons (Fsp3) is 0.667. The van der Waals surface area contributed by atoms with Gasteiger partial charge in [0, 0.05) is 32.1 Å². The van der Waals surface area contributed by atoms with Crippen LogP contribution in [0, 0.1) is 17.0 Å². The number of anilines is 1. The molecular formula is C15H23N7O2. The van der Waals surface area contributed by atoms with E-state index in [-0.39, 0.29) is 16.5 Å². The molecule has 0 unspecified atom stereocenters. The molecule has 0 saturated carbocycles. The third-order valence-electron chi connectivity index (χ3n) is 4.59. The first-order valence-electron chi connectivity index (χ1n) is 8.22. The van der Waals surface area contributed by atoms with E-state index in [1.165, 1.54) is 0 Å². The zero-order chi connectivity index (χ0) is 17.4. The second-order valence-corrected chi connectivity index (χ2v) is 6.61. The molecule has 9 heteroatoms. The summed E-state index contributed by atoms with van der Waals surface area (Å²) in [5.41, 5.74) is 0.549. The summed E-state index contributed by atoms with van der Waals surface area (Å²) < 4.78 is 3.69. The molecule has 0 spiro atoms. The van der Waals surface area contributed by atoms with Crippen LogP contribution in [0.5, 0.6) is 0 Å². The van der Waals surface area contributed by atoms with E-state index in [0.717, 1.165) is 25.2 Å². The van der Waals surface area contributed by atoms with Gasteiger partial charge in [0.25, 0.3) is 0 Å². The Morgan fingerprint density at radius 3 is 2.83 bits per heavy atom. The van der Waals surface area contributed by atoms with Crippen molar-refractivity contribution >= 4 is 11.5 Å². The quantitative estimate of drug-likeness (QED) is 0.629. The first-order chi connectivity index (χ1) is 11.4. The molecule has 1 saturated heterocycles. The highest BCUT2D eigenvalue weighted by Crippen LogP contribution is 2.36. The Kier molecular flexibility index (Phi) is 4.25. The standard InChI is InChI=1S/C15H23N7O2/c1-10(2)21-9-16-17-14(21)12-6-5-7-20(8-12)15-13(22(23)24)11(3)18-19(15)4/h9-10,12H,5-8H2,1-4H3/t12-/m0/s1. The Balaban J connectivity index is 1.92. The van der Waals surface area contributed by atoms with Crippen molar-refractivity contribution in [3.8, 4) is 0 Å². The van der Waals surface area contributed by atoms with Gasteiger partial charge in [0.2, 0.25) is 5.82 Å². The van der Waals surface area contributed by atoms with E-state index in [4.69, 9.17) is 0 Å². The highest BCUT2D eigenvalue weighted by atomic mass is 16.6. The normalized spacial score (nSPS) is 18.4. The summed E-state index contributed by atoms with van der Waals surface area (Å²) in [6.45, 7) is 7.35. The van der Waals surface area contributed by atoms with E-state index in [0.29, 0.717) is 24.1 Å². The van der Waals surface area contributed by atoms with Crippen LogP contribution in [0.2, 0.25) is 0 Å². The fourth-order valence-corrected chi connectivity index (χ4v) is 3.52. The third kappa shape index (κ3) is 2.74. The van der Waals surface area contributed by atoms with Crippen LogP contribution in [0.1, 0.15) is 50.2 Å². The summed E-state index contributed by atoms with van der Waals surface area (Å²) in [5.74, 6) is 1.74. The minimum Gasteiger partial charge on any atom is -0.350 e. The summed E-state index contributed by atoms with van der Waals surface area (Å²) in [5, 5.41) is 24.0. The van der Waals surface area contributed by atoms with Crippen molar-refractivity contribution in [2.45, 2.75) is 45.6 Å². The number of aryl methyl sites for hydroxylation is 2. The van der Waals surface area contributed by atoms with E-state index in [2.05, 4.69) is 38.6 Å². The van der Waals surface area contributed by atoms with Gasteiger partial charge >= 0.3 is 5.69 Å². The molecule has 0 N–H and O–H groups in total. The van der Waals surface area contributed by atoms with Crippen molar-refractivity contribution in [2.24, 2.45) is 7.05 Å². The number of nitro groups is 1. The Labute approximate surface area is 140 Å². The van der Waals surface area contributed by atoms with Crippen LogP contribution in [0.25, 0.3) is 0 Å². The molecule has 2 aromatic rings. The Morgan fingerprint density at radius 2 is 2.17 bits per heavy atom. The first kappa shape index (κ1) is 16.4. The van der Waals surface area contributed by atoms with E-state index in [1.54, 1.807) is 25.0 Å². The van der Waals surface area contributed by atoms with Gasteiger partial charge in [-0.05, 0) is 33.6 Å². The molecule has 0 radical (unpaired) electrons. The van der Waals surface area contributed by atoms with Crippen molar-refractivity contribution < 1.29 is 4.92 Å². The molecule has 0 amide bonds. The third-order valence-corrected chi connectivity index (χ3v) is 4.59. The van der Waals surface area contributed by atoms with Crippen molar-refractivity contribution in [3.63, 3.8) is 0 Å². The smallest absolute Gasteiger partial charge is 0.333 e. The maximum atomic E-state index is 11.5. The minimum atomic E-state index is -0.335. The molecule has 1 fully saturated rings. The molecule has 1 aliphatic rings. The van der Waals surface area contributed by atoms with Crippen LogP contribution in [0.15, 0.2) is 6.33 Å².